The molecule has 18 heavy (non-hydrogen) atoms. The van der Waals surface area contributed by atoms with Gasteiger partial charge in [0.25, 0.3) is 5.69 Å². The van der Waals surface area contributed by atoms with E-state index in [1.54, 1.807) is 18.2 Å². The van der Waals surface area contributed by atoms with E-state index < -0.39 is 4.92 Å². The van der Waals surface area contributed by atoms with E-state index in [4.69, 9.17) is 10.5 Å². The Morgan fingerprint density at radius 2 is 2.06 bits per heavy atom. The van der Waals surface area contributed by atoms with Crippen molar-refractivity contribution in [1.82, 2.24) is 4.98 Å². The molecule has 0 radical (unpaired) electrons. The molecule has 0 aliphatic carbocycles. The third-order valence-electron chi connectivity index (χ3n) is 2.07. The van der Waals surface area contributed by atoms with Crippen LogP contribution in [0.15, 0.2) is 40.9 Å². The molecule has 1 heterocycles. The monoisotopic (exact) mass is 309 g/mol. The number of aromatic nitrogens is 1. The molecule has 0 saturated carbocycles. The normalized spacial score (nSPS) is 10.1. The molecule has 2 N–H and O–H groups in total. The number of benzene rings is 1. The second-order valence-corrected chi connectivity index (χ2v) is 4.23. The van der Waals surface area contributed by atoms with Gasteiger partial charge < -0.3 is 10.5 Å². The number of para-hydroxylation sites is 1. The minimum Gasteiger partial charge on any atom is -0.438 e. The Balaban J connectivity index is 2.35. The van der Waals surface area contributed by atoms with Gasteiger partial charge in [0, 0.05) is 0 Å². The molecule has 1 aromatic carbocycles. The van der Waals surface area contributed by atoms with Gasteiger partial charge in [0.15, 0.2) is 0 Å². The van der Waals surface area contributed by atoms with Crippen molar-refractivity contribution < 1.29 is 9.66 Å². The largest absolute Gasteiger partial charge is 0.438 e. The Bertz CT molecular complexity index is 604. The van der Waals surface area contributed by atoms with E-state index in [9.17, 15) is 10.1 Å². The van der Waals surface area contributed by atoms with Gasteiger partial charge in [0.2, 0.25) is 5.88 Å². The minimum atomic E-state index is -0.551. The van der Waals surface area contributed by atoms with Gasteiger partial charge in [-0.05, 0) is 28.1 Å². The second-order valence-electron chi connectivity index (χ2n) is 3.38. The van der Waals surface area contributed by atoms with Crippen LogP contribution in [0.1, 0.15) is 0 Å². The number of nitrogens with zero attached hydrogens (tertiary/aromatic N) is 2. The number of hydrogen-bond donors (Lipinski definition) is 1. The number of halogens is 1. The van der Waals surface area contributed by atoms with Crippen LogP contribution < -0.4 is 10.5 Å². The third kappa shape index (κ3) is 2.75. The summed E-state index contributed by atoms with van der Waals surface area (Å²) >= 11 is 3.30. The number of nitrogens with two attached hydrogens (primary N) is 1. The summed E-state index contributed by atoms with van der Waals surface area (Å²) in [6, 6.07) is 9.49. The van der Waals surface area contributed by atoms with Gasteiger partial charge >= 0.3 is 0 Å². The molecule has 0 aliphatic heterocycles. The first-order valence-electron chi connectivity index (χ1n) is 4.90. The third-order valence-corrected chi connectivity index (χ3v) is 2.72. The van der Waals surface area contributed by atoms with E-state index in [2.05, 4.69) is 20.9 Å². The van der Waals surface area contributed by atoms with Crippen LogP contribution in [0.3, 0.4) is 0 Å². The summed E-state index contributed by atoms with van der Waals surface area (Å²) in [6.07, 6.45) is 0. The number of nitro groups is 1. The summed E-state index contributed by atoms with van der Waals surface area (Å²) in [7, 11) is 0. The molecule has 0 bridgehead atoms. The molecule has 2 rings (SSSR count). The van der Waals surface area contributed by atoms with Crippen molar-refractivity contribution in [3.63, 3.8) is 0 Å². The standard InChI is InChI=1S/C11H8BrN3O3/c12-8-3-1-2-4-9(8)18-11-6-7(15(16)17)5-10(13)14-11/h1-6H,(H2,13,14). The van der Waals surface area contributed by atoms with Gasteiger partial charge in [0.1, 0.15) is 11.6 Å². The van der Waals surface area contributed by atoms with Gasteiger partial charge in [-0.15, -0.1) is 0 Å². The highest BCUT2D eigenvalue weighted by Crippen LogP contribution is 2.30. The van der Waals surface area contributed by atoms with Crippen LogP contribution in [0.4, 0.5) is 11.5 Å². The van der Waals surface area contributed by atoms with Crippen LogP contribution in [0, 0.1) is 10.1 Å². The lowest BCUT2D eigenvalue weighted by molar-refractivity contribution is -0.384. The zero-order chi connectivity index (χ0) is 13.1. The lowest BCUT2D eigenvalue weighted by Gasteiger charge is -2.06. The molecule has 0 fully saturated rings. The van der Waals surface area contributed by atoms with Crippen LogP contribution >= 0.6 is 15.9 Å². The first-order valence-corrected chi connectivity index (χ1v) is 5.70. The highest BCUT2D eigenvalue weighted by atomic mass is 79.9. The average molecular weight is 310 g/mol. The van der Waals surface area contributed by atoms with E-state index >= 15 is 0 Å². The lowest BCUT2D eigenvalue weighted by Crippen LogP contribution is -1.97. The smallest absolute Gasteiger partial charge is 0.278 e. The number of rotatable bonds is 3. The Kier molecular flexibility index (Phi) is 3.42. The fraction of sp³-hybridized carbons (Fsp3) is 0. The highest BCUT2D eigenvalue weighted by molar-refractivity contribution is 9.10. The summed E-state index contributed by atoms with van der Waals surface area (Å²) in [5, 5.41) is 10.7. The number of nitrogen functional groups attached to an aromatic ring is 1. The molecule has 0 spiro atoms. The van der Waals surface area contributed by atoms with Gasteiger partial charge in [-0.3, -0.25) is 10.1 Å². The molecule has 7 heteroatoms. The van der Waals surface area contributed by atoms with Crippen LogP contribution in [0.5, 0.6) is 11.6 Å². The van der Waals surface area contributed by atoms with Gasteiger partial charge in [-0.2, -0.15) is 4.98 Å². The first kappa shape index (κ1) is 12.3. The molecule has 0 unspecified atom stereocenters. The van der Waals surface area contributed by atoms with E-state index in [1.165, 1.54) is 12.1 Å². The Morgan fingerprint density at radius 3 is 2.72 bits per heavy atom. The number of anilines is 1. The zero-order valence-corrected chi connectivity index (χ0v) is 10.6. The van der Waals surface area contributed by atoms with Crippen molar-refractivity contribution in [3.05, 3.63) is 51.0 Å². The molecule has 0 atom stereocenters. The maximum atomic E-state index is 10.7. The van der Waals surface area contributed by atoms with Crippen molar-refractivity contribution >= 4 is 27.4 Å². The maximum absolute atomic E-state index is 10.7. The maximum Gasteiger partial charge on any atom is 0.278 e. The van der Waals surface area contributed by atoms with Gasteiger partial charge in [-0.1, -0.05) is 12.1 Å². The van der Waals surface area contributed by atoms with E-state index in [0.29, 0.717) is 5.75 Å². The molecular weight excluding hydrogens is 302 g/mol. The number of hydrogen-bond acceptors (Lipinski definition) is 5. The zero-order valence-electron chi connectivity index (χ0n) is 9.04. The van der Waals surface area contributed by atoms with Crippen LogP contribution in [-0.4, -0.2) is 9.91 Å². The summed E-state index contributed by atoms with van der Waals surface area (Å²) in [6.45, 7) is 0. The van der Waals surface area contributed by atoms with Crippen LogP contribution in [0.2, 0.25) is 0 Å². The molecule has 0 amide bonds. The summed E-state index contributed by atoms with van der Waals surface area (Å²) in [5.74, 6) is 0.616. The molecule has 6 nitrogen and oxygen atoms in total. The van der Waals surface area contributed by atoms with Crippen molar-refractivity contribution in [2.24, 2.45) is 0 Å². The number of pyridine rings is 1. The van der Waals surface area contributed by atoms with Gasteiger partial charge in [-0.25, -0.2) is 0 Å². The fourth-order valence-electron chi connectivity index (χ4n) is 1.31. The quantitative estimate of drug-likeness (QED) is 0.694. The lowest BCUT2D eigenvalue weighted by atomic mass is 10.3. The van der Waals surface area contributed by atoms with E-state index in [0.717, 1.165) is 4.47 Å². The topological polar surface area (TPSA) is 91.3 Å². The fourth-order valence-corrected chi connectivity index (χ4v) is 1.68. The Morgan fingerprint density at radius 1 is 1.33 bits per heavy atom. The number of ether oxygens (including phenoxy) is 1. The van der Waals surface area contributed by atoms with Crippen molar-refractivity contribution in [2.75, 3.05) is 5.73 Å². The van der Waals surface area contributed by atoms with Gasteiger partial charge in [0.05, 0.1) is 21.5 Å². The Hall–Kier alpha value is -2.15. The average Bonchev–Trinajstić information content (AvgIpc) is 2.31. The molecule has 2 aromatic rings. The van der Waals surface area contributed by atoms with Crippen molar-refractivity contribution in [2.45, 2.75) is 0 Å². The van der Waals surface area contributed by atoms with Crippen molar-refractivity contribution in [3.8, 4) is 11.6 Å². The predicted molar refractivity (Wildman–Crippen MR) is 69.5 cm³/mol. The first-order chi connectivity index (χ1) is 8.56. The minimum absolute atomic E-state index is 0.0336. The van der Waals surface area contributed by atoms with E-state index in [1.807, 2.05) is 6.07 Å². The molecular formula is C11H8BrN3O3. The Labute approximate surface area is 111 Å². The highest BCUT2D eigenvalue weighted by Gasteiger charge is 2.12. The van der Waals surface area contributed by atoms with E-state index in [-0.39, 0.29) is 17.4 Å². The SMILES string of the molecule is Nc1cc([N+](=O)[O-])cc(Oc2ccccc2Br)n1. The molecule has 0 aliphatic rings. The van der Waals surface area contributed by atoms with Crippen molar-refractivity contribution in [1.29, 1.82) is 0 Å². The molecule has 92 valence electrons. The molecule has 1 aromatic heterocycles. The summed E-state index contributed by atoms with van der Waals surface area (Å²) in [4.78, 5) is 14.0. The van der Waals surface area contributed by atoms with Crippen LogP contribution in [0.25, 0.3) is 0 Å². The predicted octanol–water partition coefficient (Wildman–Crippen LogP) is 3.13. The summed E-state index contributed by atoms with van der Waals surface area (Å²) in [5.41, 5.74) is 5.32. The summed E-state index contributed by atoms with van der Waals surface area (Å²) < 4.78 is 6.16. The molecule has 0 saturated heterocycles. The second kappa shape index (κ2) is 5.01. The van der Waals surface area contributed by atoms with Crippen LogP contribution in [-0.2, 0) is 0 Å².